The molecule has 92 valence electrons. The highest BCUT2D eigenvalue weighted by molar-refractivity contribution is 6.01. The highest BCUT2D eigenvalue weighted by Gasteiger charge is 2.25. The number of nitrogens with two attached hydrogens (primary N) is 1. The topological polar surface area (TPSA) is 86.2 Å². The Morgan fingerprint density at radius 1 is 1.59 bits per heavy atom. The number of pyridine rings is 1. The molecule has 1 atom stereocenters. The minimum atomic E-state index is -0.308. The standard InChI is InChI=1S/C12H18N4O/c1-7-5-8(2)15-12(10(7)11(13)14)16-4-3-9(17)6-16/h5,9,17H,3-4,6H2,1-2H3,(H3,13,14). The van der Waals surface area contributed by atoms with Gasteiger partial charge in [0.2, 0.25) is 0 Å². The number of nitrogens with one attached hydrogen (secondary N) is 1. The molecule has 1 fully saturated rings. The van der Waals surface area contributed by atoms with Gasteiger partial charge in [0.05, 0.1) is 11.7 Å². The first-order valence-corrected chi connectivity index (χ1v) is 5.74. The number of aromatic nitrogens is 1. The molecule has 0 bridgehead atoms. The minimum Gasteiger partial charge on any atom is -0.391 e. The van der Waals surface area contributed by atoms with Crippen LogP contribution in [0.25, 0.3) is 0 Å². The molecular weight excluding hydrogens is 216 g/mol. The Morgan fingerprint density at radius 3 is 2.82 bits per heavy atom. The summed E-state index contributed by atoms with van der Waals surface area (Å²) < 4.78 is 0. The third-order valence-corrected chi connectivity index (χ3v) is 3.06. The molecule has 1 aromatic rings. The Labute approximate surface area is 101 Å². The van der Waals surface area contributed by atoms with Crippen LogP contribution in [0.3, 0.4) is 0 Å². The number of aliphatic hydroxyl groups excluding tert-OH is 1. The average molecular weight is 234 g/mol. The molecule has 1 aromatic heterocycles. The number of aliphatic hydroxyl groups is 1. The van der Waals surface area contributed by atoms with E-state index in [0.717, 1.165) is 30.0 Å². The van der Waals surface area contributed by atoms with E-state index in [4.69, 9.17) is 11.1 Å². The van der Waals surface area contributed by atoms with Gasteiger partial charge in [-0.05, 0) is 31.9 Å². The number of anilines is 1. The van der Waals surface area contributed by atoms with E-state index in [1.165, 1.54) is 0 Å². The van der Waals surface area contributed by atoms with Gasteiger partial charge in [0.25, 0.3) is 0 Å². The zero-order chi connectivity index (χ0) is 12.6. The summed E-state index contributed by atoms with van der Waals surface area (Å²) in [5.41, 5.74) is 8.17. The van der Waals surface area contributed by atoms with E-state index in [0.29, 0.717) is 12.1 Å². The first-order valence-electron chi connectivity index (χ1n) is 5.74. The molecule has 17 heavy (non-hydrogen) atoms. The molecule has 0 aliphatic carbocycles. The summed E-state index contributed by atoms with van der Waals surface area (Å²) in [5, 5.41) is 17.2. The summed E-state index contributed by atoms with van der Waals surface area (Å²) in [7, 11) is 0. The summed E-state index contributed by atoms with van der Waals surface area (Å²) >= 11 is 0. The summed E-state index contributed by atoms with van der Waals surface area (Å²) in [5.74, 6) is 0.762. The van der Waals surface area contributed by atoms with Crippen molar-refractivity contribution in [2.45, 2.75) is 26.4 Å². The van der Waals surface area contributed by atoms with Crippen LogP contribution in [-0.2, 0) is 0 Å². The average Bonchev–Trinajstić information content (AvgIpc) is 2.62. The number of hydrogen-bond donors (Lipinski definition) is 3. The molecule has 2 heterocycles. The van der Waals surface area contributed by atoms with E-state index in [2.05, 4.69) is 4.98 Å². The van der Waals surface area contributed by atoms with Crippen molar-refractivity contribution in [2.24, 2.45) is 5.73 Å². The van der Waals surface area contributed by atoms with Gasteiger partial charge >= 0.3 is 0 Å². The van der Waals surface area contributed by atoms with Crippen LogP contribution in [0.15, 0.2) is 6.07 Å². The molecule has 4 N–H and O–H groups in total. The molecule has 5 heteroatoms. The lowest BCUT2D eigenvalue weighted by atomic mass is 10.1. The van der Waals surface area contributed by atoms with E-state index in [9.17, 15) is 5.11 Å². The SMILES string of the molecule is Cc1cc(C)c(C(=N)N)c(N2CCC(O)C2)n1. The van der Waals surface area contributed by atoms with Crippen molar-refractivity contribution in [3.05, 3.63) is 22.9 Å². The molecule has 1 aliphatic rings. The van der Waals surface area contributed by atoms with Crippen molar-refractivity contribution in [3.63, 3.8) is 0 Å². The highest BCUT2D eigenvalue weighted by Crippen LogP contribution is 2.25. The maximum Gasteiger partial charge on any atom is 0.140 e. The van der Waals surface area contributed by atoms with Crippen molar-refractivity contribution in [3.8, 4) is 0 Å². The second-order valence-electron chi connectivity index (χ2n) is 4.58. The second kappa shape index (κ2) is 4.33. The second-order valence-corrected chi connectivity index (χ2v) is 4.58. The van der Waals surface area contributed by atoms with Crippen molar-refractivity contribution in [1.82, 2.24) is 4.98 Å². The quantitative estimate of drug-likeness (QED) is 0.515. The first kappa shape index (κ1) is 11.9. The fraction of sp³-hybridized carbons (Fsp3) is 0.500. The van der Waals surface area contributed by atoms with Crippen LogP contribution < -0.4 is 10.6 Å². The number of β-amino-alcohol motifs (C(OH)–C–C–N with tert-alkyl or cyclic N) is 1. The predicted octanol–water partition coefficient (Wildman–Crippen LogP) is 0.554. The van der Waals surface area contributed by atoms with Gasteiger partial charge in [-0.1, -0.05) is 0 Å². The Bertz CT molecular complexity index is 458. The van der Waals surface area contributed by atoms with Crippen LogP contribution in [0.5, 0.6) is 0 Å². The number of nitrogens with zero attached hydrogens (tertiary/aromatic N) is 2. The fourth-order valence-electron chi connectivity index (χ4n) is 2.31. The van der Waals surface area contributed by atoms with Gasteiger partial charge in [0.15, 0.2) is 0 Å². The Kier molecular flexibility index (Phi) is 3.02. The monoisotopic (exact) mass is 234 g/mol. The molecule has 0 radical (unpaired) electrons. The van der Waals surface area contributed by atoms with Gasteiger partial charge < -0.3 is 15.7 Å². The van der Waals surface area contributed by atoms with Gasteiger partial charge in [-0.15, -0.1) is 0 Å². The van der Waals surface area contributed by atoms with Crippen LogP contribution in [-0.4, -0.2) is 35.1 Å². The van der Waals surface area contributed by atoms with Gasteiger partial charge in [-0.3, -0.25) is 5.41 Å². The summed E-state index contributed by atoms with van der Waals surface area (Å²) in [4.78, 5) is 6.47. The zero-order valence-electron chi connectivity index (χ0n) is 10.2. The molecule has 2 rings (SSSR count). The van der Waals surface area contributed by atoms with Gasteiger partial charge in [-0.25, -0.2) is 4.98 Å². The zero-order valence-corrected chi connectivity index (χ0v) is 10.2. The number of aryl methyl sites for hydroxylation is 2. The Balaban J connectivity index is 2.47. The molecule has 0 aromatic carbocycles. The summed E-state index contributed by atoms with van der Waals surface area (Å²) in [6, 6.07) is 1.92. The van der Waals surface area contributed by atoms with Gasteiger partial charge in [0.1, 0.15) is 11.7 Å². The van der Waals surface area contributed by atoms with Crippen LogP contribution in [0.1, 0.15) is 23.2 Å². The molecule has 1 saturated heterocycles. The normalized spacial score (nSPS) is 19.7. The Morgan fingerprint density at radius 2 is 2.29 bits per heavy atom. The smallest absolute Gasteiger partial charge is 0.140 e. The lowest BCUT2D eigenvalue weighted by molar-refractivity contribution is 0.198. The van der Waals surface area contributed by atoms with Crippen molar-refractivity contribution in [2.75, 3.05) is 18.0 Å². The van der Waals surface area contributed by atoms with Crippen LogP contribution in [0.2, 0.25) is 0 Å². The van der Waals surface area contributed by atoms with E-state index >= 15 is 0 Å². The van der Waals surface area contributed by atoms with Gasteiger partial charge in [-0.2, -0.15) is 0 Å². The van der Waals surface area contributed by atoms with E-state index < -0.39 is 0 Å². The van der Waals surface area contributed by atoms with Crippen molar-refractivity contribution >= 4 is 11.7 Å². The van der Waals surface area contributed by atoms with Crippen LogP contribution in [0, 0.1) is 19.3 Å². The van der Waals surface area contributed by atoms with Gasteiger partial charge in [0, 0.05) is 18.8 Å². The molecule has 1 unspecified atom stereocenters. The minimum absolute atomic E-state index is 0.0337. The number of amidine groups is 1. The molecule has 0 amide bonds. The van der Waals surface area contributed by atoms with E-state index in [-0.39, 0.29) is 11.9 Å². The molecule has 0 spiro atoms. The largest absolute Gasteiger partial charge is 0.391 e. The third-order valence-electron chi connectivity index (χ3n) is 3.06. The lowest BCUT2D eigenvalue weighted by Gasteiger charge is -2.21. The summed E-state index contributed by atoms with van der Waals surface area (Å²) in [6.07, 6.45) is 0.434. The maximum absolute atomic E-state index is 9.57. The summed E-state index contributed by atoms with van der Waals surface area (Å²) in [6.45, 7) is 5.18. The first-order chi connectivity index (χ1) is 7.99. The van der Waals surface area contributed by atoms with Crippen LogP contribution in [0.4, 0.5) is 5.82 Å². The number of hydrogen-bond acceptors (Lipinski definition) is 4. The fourth-order valence-corrected chi connectivity index (χ4v) is 2.31. The predicted molar refractivity (Wildman–Crippen MR) is 67.6 cm³/mol. The molecular formula is C12H18N4O. The third kappa shape index (κ3) is 2.24. The number of nitrogen functional groups attached to an aromatic ring is 1. The van der Waals surface area contributed by atoms with E-state index in [1.807, 2.05) is 24.8 Å². The van der Waals surface area contributed by atoms with Crippen molar-refractivity contribution in [1.29, 1.82) is 5.41 Å². The van der Waals surface area contributed by atoms with Crippen LogP contribution >= 0.6 is 0 Å². The lowest BCUT2D eigenvalue weighted by Crippen LogP contribution is -2.27. The number of rotatable bonds is 2. The van der Waals surface area contributed by atoms with E-state index in [1.54, 1.807) is 0 Å². The molecule has 0 saturated carbocycles. The Hall–Kier alpha value is -1.62. The maximum atomic E-state index is 9.57. The van der Waals surface area contributed by atoms with Crippen molar-refractivity contribution < 1.29 is 5.11 Å². The highest BCUT2D eigenvalue weighted by atomic mass is 16.3. The molecule has 1 aliphatic heterocycles. The molecule has 5 nitrogen and oxygen atoms in total.